The second kappa shape index (κ2) is 6.11. The number of halogens is 1. The number of nitrogens with zero attached hydrogens (tertiary/aromatic N) is 3. The average Bonchev–Trinajstić information content (AvgIpc) is 3.01. The van der Waals surface area contributed by atoms with Crippen molar-refractivity contribution in [1.82, 2.24) is 14.5 Å². The van der Waals surface area contributed by atoms with Crippen LogP contribution in [0.3, 0.4) is 0 Å². The number of fused-ring (bicyclic) bond motifs is 5. The Morgan fingerprint density at radius 3 is 2.85 bits per heavy atom. The molecule has 0 radical (unpaired) electrons. The molecule has 130 valence electrons. The van der Waals surface area contributed by atoms with Crippen molar-refractivity contribution in [3.63, 3.8) is 0 Å². The summed E-state index contributed by atoms with van der Waals surface area (Å²) < 4.78 is 4.98. The third-order valence-corrected chi connectivity index (χ3v) is 6.67. The average molecular weight is 443 g/mol. The molecule has 0 atom stereocenters. The van der Waals surface area contributed by atoms with Gasteiger partial charge in [0.1, 0.15) is 10.6 Å². The number of pyridine rings is 1. The minimum atomic E-state index is 0.649. The summed E-state index contributed by atoms with van der Waals surface area (Å²) in [7, 11) is 0. The molecule has 4 nitrogen and oxygen atoms in total. The molecule has 0 aliphatic carbocycles. The molecule has 0 amide bonds. The van der Waals surface area contributed by atoms with Crippen LogP contribution in [0.15, 0.2) is 34.8 Å². The van der Waals surface area contributed by atoms with Gasteiger partial charge in [0.05, 0.1) is 15.9 Å². The topological polar surface area (TPSA) is 42.7 Å². The van der Waals surface area contributed by atoms with Gasteiger partial charge in [-0.15, -0.1) is 11.3 Å². The fourth-order valence-electron chi connectivity index (χ4n) is 3.50. The molecule has 26 heavy (non-hydrogen) atoms. The fraction of sp³-hybridized carbons (Fsp3) is 0.211. The van der Waals surface area contributed by atoms with Crippen molar-refractivity contribution in [2.45, 2.75) is 19.9 Å². The standard InChI is InChI=1S/C19H15BrN4S2/c1-10-9-13(11-3-5-12(20)6-4-11)22-18-14(10)15-16(26-18)17-21-7-2-8-24(17)19(25)23-15/h3-6,9,21H,2,7-8H2,1H3. The molecular formula is C19H15BrN4S2. The molecule has 4 heterocycles. The minimum absolute atomic E-state index is 0.649. The van der Waals surface area contributed by atoms with Crippen molar-refractivity contribution in [1.29, 1.82) is 0 Å². The predicted octanol–water partition coefficient (Wildman–Crippen LogP) is 5.93. The lowest BCUT2D eigenvalue weighted by Crippen LogP contribution is -2.19. The van der Waals surface area contributed by atoms with E-state index in [1.54, 1.807) is 11.3 Å². The van der Waals surface area contributed by atoms with Gasteiger partial charge in [-0.2, -0.15) is 0 Å². The lowest BCUT2D eigenvalue weighted by molar-refractivity contribution is 0.613. The van der Waals surface area contributed by atoms with Gasteiger partial charge < -0.3 is 9.88 Å². The summed E-state index contributed by atoms with van der Waals surface area (Å²) in [6.45, 7) is 4.02. The molecule has 3 aromatic heterocycles. The van der Waals surface area contributed by atoms with Crippen molar-refractivity contribution in [2.75, 3.05) is 11.9 Å². The van der Waals surface area contributed by atoms with E-state index < -0.39 is 0 Å². The second-order valence-electron chi connectivity index (χ2n) is 6.47. The molecule has 5 rings (SSSR count). The number of rotatable bonds is 1. The van der Waals surface area contributed by atoms with Gasteiger partial charge in [-0.1, -0.05) is 28.1 Å². The molecular weight excluding hydrogens is 428 g/mol. The summed E-state index contributed by atoms with van der Waals surface area (Å²) >= 11 is 10.7. The van der Waals surface area contributed by atoms with Crippen molar-refractivity contribution < 1.29 is 0 Å². The Bertz CT molecular complexity index is 1220. The third-order valence-electron chi connectivity index (χ3n) is 4.75. The maximum Gasteiger partial charge on any atom is 0.201 e. The Hall–Kier alpha value is -1.83. The van der Waals surface area contributed by atoms with Crippen LogP contribution in [0.25, 0.3) is 31.7 Å². The number of aromatic nitrogens is 3. The van der Waals surface area contributed by atoms with Crippen LogP contribution in [0.4, 0.5) is 5.82 Å². The van der Waals surface area contributed by atoms with E-state index in [1.165, 1.54) is 5.56 Å². The predicted molar refractivity (Wildman–Crippen MR) is 115 cm³/mol. The summed E-state index contributed by atoms with van der Waals surface area (Å²) in [4.78, 5) is 10.7. The Morgan fingerprint density at radius 2 is 2.04 bits per heavy atom. The van der Waals surface area contributed by atoms with Crippen molar-refractivity contribution in [2.24, 2.45) is 0 Å². The van der Waals surface area contributed by atoms with E-state index in [0.717, 1.165) is 61.5 Å². The van der Waals surface area contributed by atoms with Gasteiger partial charge in [-0.25, -0.2) is 9.97 Å². The number of thiophene rings is 1. The molecule has 0 spiro atoms. The highest BCUT2D eigenvalue weighted by atomic mass is 79.9. The molecule has 0 saturated carbocycles. The van der Waals surface area contributed by atoms with Crippen molar-refractivity contribution in [3.05, 3.63) is 45.1 Å². The molecule has 7 heteroatoms. The lowest BCUT2D eigenvalue weighted by atomic mass is 10.1. The highest BCUT2D eigenvalue weighted by molar-refractivity contribution is 9.10. The van der Waals surface area contributed by atoms with E-state index in [0.29, 0.717) is 4.77 Å². The number of nitrogens with one attached hydrogen (secondary N) is 1. The molecule has 1 aromatic carbocycles. The summed E-state index contributed by atoms with van der Waals surface area (Å²) in [6, 6.07) is 10.4. The molecule has 1 aliphatic rings. The van der Waals surface area contributed by atoms with Crippen LogP contribution >= 0.6 is 39.5 Å². The fourth-order valence-corrected chi connectivity index (χ4v) is 5.26. The summed E-state index contributed by atoms with van der Waals surface area (Å²) in [5, 5.41) is 4.63. The molecule has 1 aliphatic heterocycles. The summed E-state index contributed by atoms with van der Waals surface area (Å²) in [5.41, 5.74) is 4.26. The van der Waals surface area contributed by atoms with E-state index in [1.807, 2.05) is 12.1 Å². The third kappa shape index (κ3) is 2.49. The Balaban J connectivity index is 1.81. The van der Waals surface area contributed by atoms with Gasteiger partial charge in [-0.05, 0) is 49.3 Å². The Labute approximate surface area is 168 Å². The number of hydrogen-bond acceptors (Lipinski definition) is 5. The van der Waals surface area contributed by atoms with Gasteiger partial charge in [0.15, 0.2) is 0 Å². The maximum atomic E-state index is 5.54. The highest BCUT2D eigenvalue weighted by Crippen LogP contribution is 2.39. The number of hydrogen-bond donors (Lipinski definition) is 1. The molecule has 0 saturated heterocycles. The van der Waals surface area contributed by atoms with Crippen molar-refractivity contribution in [3.8, 4) is 11.3 Å². The first-order valence-corrected chi connectivity index (χ1v) is 10.5. The number of anilines is 1. The molecule has 0 unspecified atom stereocenters. The molecule has 0 fully saturated rings. The largest absolute Gasteiger partial charge is 0.370 e. The van der Waals surface area contributed by atoms with E-state index in [2.05, 4.69) is 50.9 Å². The van der Waals surface area contributed by atoms with Crippen LogP contribution in [0, 0.1) is 11.7 Å². The van der Waals surface area contributed by atoms with Crippen LogP contribution in [-0.4, -0.2) is 21.1 Å². The minimum Gasteiger partial charge on any atom is -0.370 e. The highest BCUT2D eigenvalue weighted by Gasteiger charge is 2.19. The first-order valence-electron chi connectivity index (χ1n) is 8.46. The van der Waals surface area contributed by atoms with Crippen LogP contribution < -0.4 is 5.32 Å². The SMILES string of the molecule is Cc1cc(-c2ccc(Br)cc2)nc2sc3c4n(c(=S)nc3c12)CCCN4. The van der Waals surface area contributed by atoms with E-state index in [9.17, 15) is 0 Å². The lowest BCUT2D eigenvalue weighted by Gasteiger charge is -2.20. The van der Waals surface area contributed by atoms with E-state index in [4.69, 9.17) is 22.2 Å². The zero-order valence-corrected chi connectivity index (χ0v) is 17.3. The quantitative estimate of drug-likeness (QED) is 0.371. The second-order valence-corrected chi connectivity index (χ2v) is 8.75. The molecule has 0 bridgehead atoms. The van der Waals surface area contributed by atoms with E-state index >= 15 is 0 Å². The number of benzene rings is 1. The van der Waals surface area contributed by atoms with Crippen LogP contribution in [-0.2, 0) is 6.54 Å². The first-order chi connectivity index (χ1) is 12.6. The normalized spacial score (nSPS) is 13.8. The zero-order chi connectivity index (χ0) is 17.8. The van der Waals surface area contributed by atoms with Gasteiger partial charge in [0, 0.05) is 28.5 Å². The zero-order valence-electron chi connectivity index (χ0n) is 14.0. The van der Waals surface area contributed by atoms with Gasteiger partial charge >= 0.3 is 0 Å². The van der Waals surface area contributed by atoms with Crippen LogP contribution in [0.2, 0.25) is 0 Å². The van der Waals surface area contributed by atoms with Crippen molar-refractivity contribution >= 4 is 65.7 Å². The molecule has 4 aromatic rings. The van der Waals surface area contributed by atoms with Crippen LogP contribution in [0.5, 0.6) is 0 Å². The monoisotopic (exact) mass is 442 g/mol. The Morgan fingerprint density at radius 1 is 1.23 bits per heavy atom. The summed E-state index contributed by atoms with van der Waals surface area (Å²) in [6.07, 6.45) is 1.07. The molecule has 1 N–H and O–H groups in total. The van der Waals surface area contributed by atoms with Crippen LogP contribution in [0.1, 0.15) is 12.0 Å². The Kier molecular flexibility index (Phi) is 3.84. The number of aryl methyl sites for hydroxylation is 1. The smallest absolute Gasteiger partial charge is 0.201 e. The van der Waals surface area contributed by atoms with Gasteiger partial charge in [0.2, 0.25) is 4.77 Å². The van der Waals surface area contributed by atoms with Gasteiger partial charge in [0.25, 0.3) is 0 Å². The maximum absolute atomic E-state index is 5.54. The van der Waals surface area contributed by atoms with E-state index in [-0.39, 0.29) is 0 Å². The first kappa shape index (κ1) is 16.4. The summed E-state index contributed by atoms with van der Waals surface area (Å²) in [5.74, 6) is 1.10. The van der Waals surface area contributed by atoms with Gasteiger partial charge in [-0.3, -0.25) is 0 Å².